The molecule has 1 unspecified atom stereocenters. The standard InChI is InChI=1S/C28H54N2O2/c1-5-9-13-17-21-29(22-18-14-10-6-2)25-27(31)26(28(25)32)30(23-19-15-11-7-3)24-20-16-12-8-4/h25,31H,5-24H2,1-4H3/p-1. The van der Waals surface area contributed by atoms with Gasteiger partial charge in [0.1, 0.15) is 0 Å². The van der Waals surface area contributed by atoms with Gasteiger partial charge in [-0.1, -0.05) is 111 Å². The normalized spacial score (nSPS) is 16.2. The number of ketones is 1. The molecule has 0 saturated carbocycles. The molecule has 4 heteroatoms. The Hall–Kier alpha value is -1.03. The third-order valence-corrected chi connectivity index (χ3v) is 6.81. The first-order valence-electron chi connectivity index (χ1n) is 14.1. The largest absolute Gasteiger partial charge is 0.873 e. The smallest absolute Gasteiger partial charge is 0.198 e. The van der Waals surface area contributed by atoms with Gasteiger partial charge in [0.15, 0.2) is 5.78 Å². The van der Waals surface area contributed by atoms with Gasteiger partial charge in [-0.25, -0.2) is 0 Å². The van der Waals surface area contributed by atoms with Gasteiger partial charge in [-0.05, 0) is 38.8 Å². The van der Waals surface area contributed by atoms with Crippen molar-refractivity contribution in [1.82, 2.24) is 9.80 Å². The molecule has 1 atom stereocenters. The Morgan fingerprint density at radius 1 is 0.594 bits per heavy atom. The lowest BCUT2D eigenvalue weighted by molar-refractivity contribution is -0.321. The fourth-order valence-corrected chi connectivity index (χ4v) is 4.71. The van der Waals surface area contributed by atoms with E-state index < -0.39 is 6.04 Å². The zero-order chi connectivity index (χ0) is 23.6. The first kappa shape index (κ1) is 29.0. The molecule has 0 amide bonds. The van der Waals surface area contributed by atoms with Crippen LogP contribution in [0.5, 0.6) is 0 Å². The molecule has 0 spiro atoms. The SMILES string of the molecule is CCCCCCN(CCCCCC)C1=C([O-])C(N(CCCCCC)CCCCCC)C1=O. The van der Waals surface area contributed by atoms with E-state index >= 15 is 0 Å². The Bertz CT molecular complexity index is 494. The average Bonchev–Trinajstić information content (AvgIpc) is 2.79. The third kappa shape index (κ3) is 10.3. The molecule has 1 aliphatic rings. The number of rotatable bonds is 22. The van der Waals surface area contributed by atoms with E-state index in [4.69, 9.17) is 0 Å². The van der Waals surface area contributed by atoms with Crippen molar-refractivity contribution in [3.63, 3.8) is 0 Å². The summed E-state index contributed by atoms with van der Waals surface area (Å²) >= 11 is 0. The Morgan fingerprint density at radius 2 is 0.969 bits per heavy atom. The van der Waals surface area contributed by atoms with Gasteiger partial charge in [0.25, 0.3) is 0 Å². The molecule has 0 fully saturated rings. The van der Waals surface area contributed by atoms with Crippen molar-refractivity contribution in [3.8, 4) is 0 Å². The van der Waals surface area contributed by atoms with Gasteiger partial charge in [-0.3, -0.25) is 9.69 Å². The highest BCUT2D eigenvalue weighted by Gasteiger charge is 2.39. The van der Waals surface area contributed by atoms with Crippen LogP contribution in [0.3, 0.4) is 0 Å². The first-order chi connectivity index (χ1) is 15.6. The van der Waals surface area contributed by atoms with E-state index in [1.165, 1.54) is 77.0 Å². The molecule has 0 N–H and O–H groups in total. The number of Topliss-reactive ketones (excluding diaryl/α,β-unsaturated/α-hetero) is 1. The lowest BCUT2D eigenvalue weighted by Gasteiger charge is -2.47. The predicted molar refractivity (Wildman–Crippen MR) is 136 cm³/mol. The van der Waals surface area contributed by atoms with Crippen LogP contribution in [-0.2, 0) is 4.79 Å². The zero-order valence-electron chi connectivity index (χ0n) is 21.9. The molecule has 0 aromatic rings. The molecule has 1 rings (SSSR count). The lowest BCUT2D eigenvalue weighted by atomic mass is 9.90. The number of hydrogen-bond donors (Lipinski definition) is 0. The minimum Gasteiger partial charge on any atom is -0.873 e. The first-order valence-corrected chi connectivity index (χ1v) is 14.1. The lowest BCUT2D eigenvalue weighted by Crippen LogP contribution is -2.58. The summed E-state index contributed by atoms with van der Waals surface area (Å²) in [5.74, 6) is 0.207. The van der Waals surface area contributed by atoms with E-state index in [2.05, 4.69) is 37.5 Å². The third-order valence-electron chi connectivity index (χ3n) is 6.81. The zero-order valence-corrected chi connectivity index (χ0v) is 21.9. The molecule has 0 aromatic carbocycles. The maximum Gasteiger partial charge on any atom is 0.198 e. The molecule has 0 bridgehead atoms. The average molecular weight is 450 g/mol. The number of carbonyl (C=O) groups excluding carboxylic acids is 1. The van der Waals surface area contributed by atoms with Crippen molar-refractivity contribution >= 4 is 5.78 Å². The molecule has 0 aromatic heterocycles. The molecule has 0 aliphatic heterocycles. The van der Waals surface area contributed by atoms with Crippen LogP contribution in [0.1, 0.15) is 130 Å². The molecular formula is C28H53N2O2-. The summed E-state index contributed by atoms with van der Waals surface area (Å²) in [5.41, 5.74) is 0.523. The number of hydrogen-bond acceptors (Lipinski definition) is 4. The van der Waals surface area contributed by atoms with Gasteiger partial charge in [0.2, 0.25) is 0 Å². The van der Waals surface area contributed by atoms with Crippen molar-refractivity contribution in [2.45, 2.75) is 136 Å². The maximum absolute atomic E-state index is 13.3. The summed E-state index contributed by atoms with van der Waals surface area (Å²) < 4.78 is 0. The minimum absolute atomic E-state index is 0.104. The molecule has 0 radical (unpaired) electrons. The summed E-state index contributed by atoms with van der Waals surface area (Å²) in [7, 11) is 0. The monoisotopic (exact) mass is 449 g/mol. The minimum atomic E-state index is -0.498. The van der Waals surface area contributed by atoms with Gasteiger partial charge in [-0.15, -0.1) is 0 Å². The van der Waals surface area contributed by atoms with Gasteiger partial charge >= 0.3 is 0 Å². The molecule has 32 heavy (non-hydrogen) atoms. The van der Waals surface area contributed by atoms with E-state index in [9.17, 15) is 9.90 Å². The van der Waals surface area contributed by atoms with E-state index in [0.717, 1.165) is 51.9 Å². The summed E-state index contributed by atoms with van der Waals surface area (Å²) in [4.78, 5) is 17.6. The number of nitrogens with zero attached hydrogens (tertiary/aromatic N) is 2. The molecule has 0 heterocycles. The van der Waals surface area contributed by atoms with Crippen LogP contribution in [0.4, 0.5) is 0 Å². The van der Waals surface area contributed by atoms with Crippen molar-refractivity contribution in [3.05, 3.63) is 11.5 Å². The van der Waals surface area contributed by atoms with Crippen LogP contribution in [0, 0.1) is 0 Å². The quantitative estimate of drug-likeness (QED) is 0.179. The fraction of sp³-hybridized carbons (Fsp3) is 0.893. The van der Waals surface area contributed by atoms with Crippen molar-refractivity contribution in [2.24, 2.45) is 0 Å². The van der Waals surface area contributed by atoms with Gasteiger partial charge in [-0.2, -0.15) is 0 Å². The second-order valence-electron chi connectivity index (χ2n) is 9.75. The summed E-state index contributed by atoms with van der Waals surface area (Å²) in [5, 5.41) is 13.3. The summed E-state index contributed by atoms with van der Waals surface area (Å²) in [6.45, 7) is 12.4. The van der Waals surface area contributed by atoms with Crippen LogP contribution in [0.25, 0.3) is 0 Å². The molecular weight excluding hydrogens is 396 g/mol. The van der Waals surface area contributed by atoms with Crippen molar-refractivity contribution < 1.29 is 9.90 Å². The van der Waals surface area contributed by atoms with Crippen LogP contribution in [-0.4, -0.2) is 47.8 Å². The predicted octanol–water partition coefficient (Wildman–Crippen LogP) is 6.43. The van der Waals surface area contributed by atoms with Crippen molar-refractivity contribution in [1.29, 1.82) is 0 Å². The Labute approximate surface area is 199 Å². The van der Waals surface area contributed by atoms with Crippen LogP contribution < -0.4 is 5.11 Å². The van der Waals surface area contributed by atoms with E-state index in [1.807, 2.05) is 0 Å². The van der Waals surface area contributed by atoms with Crippen molar-refractivity contribution in [2.75, 3.05) is 26.2 Å². The second-order valence-corrected chi connectivity index (χ2v) is 9.75. The van der Waals surface area contributed by atoms with E-state index in [-0.39, 0.29) is 11.5 Å². The van der Waals surface area contributed by atoms with E-state index in [1.54, 1.807) is 0 Å². The highest BCUT2D eigenvalue weighted by molar-refractivity contribution is 6.08. The molecule has 188 valence electrons. The molecule has 0 saturated heterocycles. The molecule has 1 aliphatic carbocycles. The highest BCUT2D eigenvalue weighted by Crippen LogP contribution is 2.30. The number of unbranched alkanes of at least 4 members (excludes halogenated alkanes) is 12. The maximum atomic E-state index is 13.3. The summed E-state index contributed by atoms with van der Waals surface area (Å²) in [6.07, 6.45) is 18.8. The van der Waals surface area contributed by atoms with Crippen LogP contribution >= 0.6 is 0 Å². The molecule has 4 nitrogen and oxygen atoms in total. The van der Waals surface area contributed by atoms with Crippen LogP contribution in [0.15, 0.2) is 11.5 Å². The second kappa shape index (κ2) is 18.4. The van der Waals surface area contributed by atoms with Crippen LogP contribution in [0.2, 0.25) is 0 Å². The van der Waals surface area contributed by atoms with E-state index in [0.29, 0.717) is 5.70 Å². The Kier molecular flexibility index (Phi) is 16.7. The van der Waals surface area contributed by atoms with Gasteiger partial charge in [0.05, 0.1) is 11.7 Å². The topological polar surface area (TPSA) is 46.6 Å². The Balaban J connectivity index is 2.81. The summed E-state index contributed by atoms with van der Waals surface area (Å²) in [6, 6.07) is -0.498. The Morgan fingerprint density at radius 3 is 1.31 bits per heavy atom. The fourth-order valence-electron chi connectivity index (χ4n) is 4.71. The van der Waals surface area contributed by atoms with Gasteiger partial charge in [0, 0.05) is 13.1 Å². The number of carbonyl (C=O) groups is 1. The van der Waals surface area contributed by atoms with Gasteiger partial charge < -0.3 is 10.0 Å². The highest BCUT2D eigenvalue weighted by atomic mass is 16.3.